The first-order valence-electron chi connectivity index (χ1n) is 6.37. The number of ketones is 2. The highest BCUT2D eigenvalue weighted by atomic mass is 16.3. The van der Waals surface area contributed by atoms with E-state index in [9.17, 15) is 9.59 Å². The highest BCUT2D eigenvalue weighted by molar-refractivity contribution is 6.24. The number of allylic oxidation sites excluding steroid dienone is 4. The summed E-state index contributed by atoms with van der Waals surface area (Å²) in [7, 11) is 0. The summed E-state index contributed by atoms with van der Waals surface area (Å²) in [6, 6.07) is 0. The van der Waals surface area contributed by atoms with Gasteiger partial charge in [0.1, 0.15) is 6.26 Å². The average Bonchev–Trinajstić information content (AvgIpc) is 2.91. The topological polar surface area (TPSA) is 60.2 Å². The molecule has 1 aliphatic rings. The van der Waals surface area contributed by atoms with Crippen LogP contribution in [0.3, 0.4) is 0 Å². The van der Waals surface area contributed by atoms with Gasteiger partial charge in [0, 0.05) is 28.7 Å². The van der Waals surface area contributed by atoms with Gasteiger partial charge in [0.15, 0.2) is 17.5 Å². The number of Topliss-reactive ketones (excluding diaryl/α,β-unsaturated/α-hetero) is 2. The second kappa shape index (κ2) is 5.34. The number of carbonyl (C=O) groups is 2. The maximum absolute atomic E-state index is 12.2. The molecule has 0 saturated heterocycles. The zero-order valence-electron chi connectivity index (χ0n) is 11.4. The standard InChI is InChI=1S/C15H17NO3/c1-9-10(2)15(18)12(11(3)14(9)17)5-4-6-13-16-7-8-19-13/h7-8H,4-6H2,1-3H3. The van der Waals surface area contributed by atoms with E-state index >= 15 is 0 Å². The van der Waals surface area contributed by atoms with Crippen LogP contribution < -0.4 is 0 Å². The number of aryl methyl sites for hydroxylation is 1. The molecule has 0 saturated carbocycles. The van der Waals surface area contributed by atoms with Crippen molar-refractivity contribution in [3.8, 4) is 0 Å². The molecule has 19 heavy (non-hydrogen) atoms. The van der Waals surface area contributed by atoms with Crippen molar-refractivity contribution in [2.24, 2.45) is 0 Å². The fourth-order valence-corrected chi connectivity index (χ4v) is 2.25. The monoisotopic (exact) mass is 259 g/mol. The van der Waals surface area contributed by atoms with E-state index < -0.39 is 0 Å². The lowest BCUT2D eigenvalue weighted by Gasteiger charge is -2.18. The summed E-state index contributed by atoms with van der Waals surface area (Å²) >= 11 is 0. The predicted octanol–water partition coefficient (Wildman–Crippen LogP) is 2.80. The van der Waals surface area contributed by atoms with Crippen LogP contribution in [0.25, 0.3) is 0 Å². The summed E-state index contributed by atoms with van der Waals surface area (Å²) in [5, 5.41) is 0. The number of rotatable bonds is 4. The highest BCUT2D eigenvalue weighted by Gasteiger charge is 2.27. The molecule has 1 aromatic heterocycles. The fourth-order valence-electron chi connectivity index (χ4n) is 2.25. The van der Waals surface area contributed by atoms with Crippen molar-refractivity contribution in [3.05, 3.63) is 40.6 Å². The molecule has 0 N–H and O–H groups in total. The molecule has 0 amide bonds. The first-order chi connectivity index (χ1) is 9.02. The minimum atomic E-state index is -0.0109. The first kappa shape index (κ1) is 13.5. The van der Waals surface area contributed by atoms with Gasteiger partial charge in [-0.3, -0.25) is 9.59 Å². The number of hydrogen-bond donors (Lipinski definition) is 0. The molecule has 0 radical (unpaired) electrons. The molecule has 0 aromatic carbocycles. The third-order valence-electron chi connectivity index (χ3n) is 3.61. The molecule has 100 valence electrons. The molecule has 1 aromatic rings. The van der Waals surface area contributed by atoms with E-state index in [1.807, 2.05) is 0 Å². The highest BCUT2D eigenvalue weighted by Crippen LogP contribution is 2.27. The molecule has 4 nitrogen and oxygen atoms in total. The van der Waals surface area contributed by atoms with Gasteiger partial charge in [-0.05, 0) is 33.6 Å². The minimum absolute atomic E-state index is 0.00186. The van der Waals surface area contributed by atoms with E-state index in [2.05, 4.69) is 4.98 Å². The number of oxazole rings is 1. The lowest BCUT2D eigenvalue weighted by atomic mass is 9.84. The van der Waals surface area contributed by atoms with Gasteiger partial charge >= 0.3 is 0 Å². The van der Waals surface area contributed by atoms with Crippen LogP contribution in [0.1, 0.15) is 39.5 Å². The van der Waals surface area contributed by atoms with Crippen molar-refractivity contribution in [2.75, 3.05) is 0 Å². The Morgan fingerprint density at radius 1 is 1.00 bits per heavy atom. The van der Waals surface area contributed by atoms with Gasteiger partial charge in [-0.25, -0.2) is 4.98 Å². The van der Waals surface area contributed by atoms with E-state index in [0.717, 1.165) is 6.42 Å². The van der Waals surface area contributed by atoms with Crippen LogP contribution in [0.5, 0.6) is 0 Å². The summed E-state index contributed by atoms with van der Waals surface area (Å²) in [5.74, 6) is 0.654. The Morgan fingerprint density at radius 3 is 2.32 bits per heavy atom. The van der Waals surface area contributed by atoms with Crippen LogP contribution in [0.4, 0.5) is 0 Å². The van der Waals surface area contributed by atoms with Crippen molar-refractivity contribution >= 4 is 11.6 Å². The van der Waals surface area contributed by atoms with Crippen molar-refractivity contribution < 1.29 is 14.0 Å². The molecule has 1 heterocycles. The Morgan fingerprint density at radius 2 is 1.68 bits per heavy atom. The van der Waals surface area contributed by atoms with Crippen LogP contribution in [0.15, 0.2) is 39.2 Å². The van der Waals surface area contributed by atoms with Crippen LogP contribution in [-0.4, -0.2) is 16.6 Å². The lowest BCUT2D eigenvalue weighted by molar-refractivity contribution is -0.116. The van der Waals surface area contributed by atoms with Crippen molar-refractivity contribution in [1.82, 2.24) is 4.98 Å². The summed E-state index contributed by atoms with van der Waals surface area (Å²) in [6.07, 6.45) is 5.14. The molecular formula is C15H17NO3. The summed E-state index contributed by atoms with van der Waals surface area (Å²) in [6.45, 7) is 5.16. The second-order valence-corrected chi connectivity index (χ2v) is 4.79. The maximum Gasteiger partial charge on any atom is 0.193 e. The van der Waals surface area contributed by atoms with Gasteiger partial charge in [-0.1, -0.05) is 0 Å². The van der Waals surface area contributed by atoms with Gasteiger partial charge in [0.25, 0.3) is 0 Å². The predicted molar refractivity (Wildman–Crippen MR) is 70.5 cm³/mol. The molecule has 1 aliphatic carbocycles. The van der Waals surface area contributed by atoms with Crippen LogP contribution in [0.2, 0.25) is 0 Å². The Hall–Kier alpha value is -1.97. The Balaban J connectivity index is 2.07. The molecule has 0 fully saturated rings. The van der Waals surface area contributed by atoms with Gasteiger partial charge in [-0.2, -0.15) is 0 Å². The van der Waals surface area contributed by atoms with Gasteiger partial charge in [0.2, 0.25) is 0 Å². The molecular weight excluding hydrogens is 242 g/mol. The van der Waals surface area contributed by atoms with E-state index in [1.54, 1.807) is 27.0 Å². The minimum Gasteiger partial charge on any atom is -0.449 e. The maximum atomic E-state index is 12.2. The van der Waals surface area contributed by atoms with Gasteiger partial charge < -0.3 is 4.42 Å². The molecule has 2 rings (SSSR count). The normalized spacial score (nSPS) is 16.6. The second-order valence-electron chi connectivity index (χ2n) is 4.79. The quantitative estimate of drug-likeness (QED) is 0.780. The number of aromatic nitrogens is 1. The van der Waals surface area contributed by atoms with Crippen molar-refractivity contribution in [1.29, 1.82) is 0 Å². The third kappa shape index (κ3) is 2.57. The molecule has 4 heteroatoms. The first-order valence-corrected chi connectivity index (χ1v) is 6.37. The molecule has 0 atom stereocenters. The van der Waals surface area contributed by atoms with Crippen LogP contribution >= 0.6 is 0 Å². The zero-order valence-corrected chi connectivity index (χ0v) is 11.4. The number of hydrogen-bond acceptors (Lipinski definition) is 4. The van der Waals surface area contributed by atoms with Crippen molar-refractivity contribution in [2.45, 2.75) is 40.0 Å². The third-order valence-corrected chi connectivity index (χ3v) is 3.61. The summed E-state index contributed by atoms with van der Waals surface area (Å²) in [4.78, 5) is 28.2. The largest absolute Gasteiger partial charge is 0.449 e. The van der Waals surface area contributed by atoms with Crippen LogP contribution in [-0.2, 0) is 16.0 Å². The van der Waals surface area contributed by atoms with E-state index in [4.69, 9.17) is 4.42 Å². The molecule has 0 unspecified atom stereocenters. The van der Waals surface area contributed by atoms with Gasteiger partial charge in [0.05, 0.1) is 6.20 Å². The SMILES string of the molecule is CC1=C(C)C(=O)C(CCCc2ncco2)=C(C)C1=O. The van der Waals surface area contributed by atoms with Gasteiger partial charge in [-0.15, -0.1) is 0 Å². The Bertz CT molecular complexity index is 577. The molecule has 0 spiro atoms. The number of carbonyl (C=O) groups excluding carboxylic acids is 2. The van der Waals surface area contributed by atoms with E-state index in [-0.39, 0.29) is 11.6 Å². The smallest absolute Gasteiger partial charge is 0.193 e. The Kier molecular flexibility index (Phi) is 3.79. The number of nitrogens with zero attached hydrogens (tertiary/aromatic N) is 1. The fraction of sp³-hybridized carbons (Fsp3) is 0.400. The van der Waals surface area contributed by atoms with Crippen molar-refractivity contribution in [3.63, 3.8) is 0 Å². The van der Waals surface area contributed by atoms with Crippen LogP contribution in [0, 0.1) is 0 Å². The molecule has 0 aliphatic heterocycles. The summed E-state index contributed by atoms with van der Waals surface area (Å²) in [5.41, 5.74) is 2.36. The lowest BCUT2D eigenvalue weighted by Crippen LogP contribution is -2.20. The van der Waals surface area contributed by atoms with E-state index in [1.165, 1.54) is 6.26 Å². The average molecular weight is 259 g/mol. The summed E-state index contributed by atoms with van der Waals surface area (Å²) < 4.78 is 5.15. The Labute approximate surface area is 112 Å². The zero-order chi connectivity index (χ0) is 14.0. The van der Waals surface area contributed by atoms with E-state index in [0.29, 0.717) is 41.0 Å². The molecule has 0 bridgehead atoms.